The van der Waals surface area contributed by atoms with Gasteiger partial charge in [0.25, 0.3) is 0 Å². The van der Waals surface area contributed by atoms with E-state index in [0.29, 0.717) is 4.83 Å². The van der Waals surface area contributed by atoms with E-state index in [1.54, 1.807) is 0 Å². The maximum atomic E-state index is 8.43. The van der Waals surface area contributed by atoms with Crippen molar-refractivity contribution in [2.24, 2.45) is 0 Å². The molecule has 2 nitrogen and oxygen atoms in total. The molecular formula is C6H10Br2O2. The van der Waals surface area contributed by atoms with Crippen LogP contribution in [0.4, 0.5) is 0 Å². The number of hydrogen-bond acceptors (Lipinski definition) is 2. The highest BCUT2D eigenvalue weighted by Crippen LogP contribution is 2.31. The Kier molecular flexibility index (Phi) is 3.63. The van der Waals surface area contributed by atoms with Gasteiger partial charge in [0.2, 0.25) is 0 Å². The van der Waals surface area contributed by atoms with Crippen molar-refractivity contribution in [2.45, 2.75) is 35.0 Å². The van der Waals surface area contributed by atoms with Gasteiger partial charge in [0.15, 0.2) is 0 Å². The standard InChI is InChI=1S/C6H10Br2O2/c7-4-2-1-3-5(10-9)6(4)8/h4-6,9H,1-3H2. The van der Waals surface area contributed by atoms with E-state index < -0.39 is 0 Å². The molecule has 4 heteroatoms. The second kappa shape index (κ2) is 4.04. The zero-order chi connectivity index (χ0) is 7.56. The summed E-state index contributed by atoms with van der Waals surface area (Å²) in [6.07, 6.45) is 3.16. The first-order chi connectivity index (χ1) is 4.75. The maximum Gasteiger partial charge on any atom is 0.106 e. The first-order valence-corrected chi connectivity index (χ1v) is 5.17. The fourth-order valence-electron chi connectivity index (χ4n) is 1.18. The Hall–Kier alpha value is 0.880. The molecule has 1 aliphatic rings. The second-order valence-corrected chi connectivity index (χ2v) is 4.77. The molecule has 10 heavy (non-hydrogen) atoms. The van der Waals surface area contributed by atoms with E-state index >= 15 is 0 Å². The van der Waals surface area contributed by atoms with E-state index in [1.807, 2.05) is 0 Å². The molecule has 0 spiro atoms. The largest absolute Gasteiger partial charge is 0.251 e. The Labute approximate surface area is 77.1 Å². The molecule has 1 N–H and O–H groups in total. The monoisotopic (exact) mass is 272 g/mol. The summed E-state index contributed by atoms with van der Waals surface area (Å²) in [5.74, 6) is 0. The molecule has 60 valence electrons. The molecule has 0 aromatic heterocycles. The number of rotatable bonds is 1. The molecule has 3 atom stereocenters. The van der Waals surface area contributed by atoms with Crippen LogP contribution in [0.15, 0.2) is 0 Å². The van der Waals surface area contributed by atoms with Crippen molar-refractivity contribution >= 4 is 31.9 Å². The molecule has 1 fully saturated rings. The SMILES string of the molecule is OOC1CCCC(Br)C1Br. The van der Waals surface area contributed by atoms with Crippen LogP contribution in [0.25, 0.3) is 0 Å². The van der Waals surface area contributed by atoms with Crippen LogP contribution in [0, 0.1) is 0 Å². The maximum absolute atomic E-state index is 8.43. The van der Waals surface area contributed by atoms with Gasteiger partial charge in [0, 0.05) is 4.83 Å². The van der Waals surface area contributed by atoms with Gasteiger partial charge in [0.05, 0.1) is 4.83 Å². The summed E-state index contributed by atoms with van der Waals surface area (Å²) in [6.45, 7) is 0. The van der Waals surface area contributed by atoms with Crippen LogP contribution < -0.4 is 0 Å². The Morgan fingerprint density at radius 2 is 2.00 bits per heavy atom. The van der Waals surface area contributed by atoms with Crippen molar-refractivity contribution in [3.8, 4) is 0 Å². The van der Waals surface area contributed by atoms with Gasteiger partial charge in [-0.1, -0.05) is 31.9 Å². The zero-order valence-corrected chi connectivity index (χ0v) is 8.64. The Balaban J connectivity index is 2.42. The number of hydrogen-bond donors (Lipinski definition) is 1. The molecule has 1 aliphatic carbocycles. The van der Waals surface area contributed by atoms with Crippen LogP contribution in [0.1, 0.15) is 19.3 Å². The fraction of sp³-hybridized carbons (Fsp3) is 1.00. The normalized spacial score (nSPS) is 41.7. The fourth-order valence-corrected chi connectivity index (χ4v) is 2.47. The van der Waals surface area contributed by atoms with Gasteiger partial charge in [0.1, 0.15) is 6.10 Å². The van der Waals surface area contributed by atoms with E-state index in [9.17, 15) is 0 Å². The molecule has 0 amide bonds. The second-order valence-electron chi connectivity index (χ2n) is 2.54. The quantitative estimate of drug-likeness (QED) is 0.452. The minimum atomic E-state index is -0.0434. The predicted molar refractivity (Wildman–Crippen MR) is 46.8 cm³/mol. The number of halogens is 2. The lowest BCUT2D eigenvalue weighted by Crippen LogP contribution is -2.34. The summed E-state index contributed by atoms with van der Waals surface area (Å²) in [6, 6.07) is 0. The lowest BCUT2D eigenvalue weighted by molar-refractivity contribution is -0.281. The molecular weight excluding hydrogens is 264 g/mol. The number of alkyl halides is 2. The smallest absolute Gasteiger partial charge is 0.106 e. The van der Waals surface area contributed by atoms with Crippen molar-refractivity contribution in [1.82, 2.24) is 0 Å². The Bertz CT molecular complexity index is 110. The van der Waals surface area contributed by atoms with E-state index in [2.05, 4.69) is 36.7 Å². The first-order valence-electron chi connectivity index (χ1n) is 3.34. The minimum absolute atomic E-state index is 0.0434. The molecule has 0 aliphatic heterocycles. The van der Waals surface area contributed by atoms with Gasteiger partial charge in [-0.25, -0.2) is 4.89 Å². The Morgan fingerprint density at radius 3 is 2.50 bits per heavy atom. The van der Waals surface area contributed by atoms with Crippen molar-refractivity contribution in [3.63, 3.8) is 0 Å². The third-order valence-electron chi connectivity index (χ3n) is 1.80. The van der Waals surface area contributed by atoms with Gasteiger partial charge >= 0.3 is 0 Å². The van der Waals surface area contributed by atoms with Gasteiger partial charge in [-0.15, -0.1) is 0 Å². The van der Waals surface area contributed by atoms with Gasteiger partial charge in [-0.2, -0.15) is 0 Å². The van der Waals surface area contributed by atoms with Crippen molar-refractivity contribution in [1.29, 1.82) is 0 Å². The van der Waals surface area contributed by atoms with E-state index in [0.717, 1.165) is 19.3 Å². The molecule has 0 heterocycles. The predicted octanol–water partition coefficient (Wildman–Crippen LogP) is 2.56. The van der Waals surface area contributed by atoms with Crippen LogP contribution in [0.5, 0.6) is 0 Å². The van der Waals surface area contributed by atoms with Gasteiger partial charge in [-0.3, -0.25) is 5.26 Å². The summed E-state index contributed by atoms with van der Waals surface area (Å²) in [4.78, 5) is 4.97. The third-order valence-corrected chi connectivity index (χ3v) is 4.77. The molecule has 0 aromatic carbocycles. The van der Waals surface area contributed by atoms with E-state index in [4.69, 9.17) is 5.26 Å². The summed E-state index contributed by atoms with van der Waals surface area (Å²) in [5.41, 5.74) is 0. The van der Waals surface area contributed by atoms with E-state index in [-0.39, 0.29) is 10.9 Å². The van der Waals surface area contributed by atoms with Crippen LogP contribution in [-0.4, -0.2) is 21.0 Å². The zero-order valence-electron chi connectivity index (χ0n) is 5.46. The van der Waals surface area contributed by atoms with Crippen molar-refractivity contribution in [3.05, 3.63) is 0 Å². The molecule has 0 radical (unpaired) electrons. The topological polar surface area (TPSA) is 29.5 Å². The first kappa shape index (κ1) is 8.97. The highest BCUT2D eigenvalue weighted by atomic mass is 79.9. The van der Waals surface area contributed by atoms with E-state index in [1.165, 1.54) is 0 Å². The van der Waals surface area contributed by atoms with Crippen molar-refractivity contribution < 1.29 is 10.1 Å². The van der Waals surface area contributed by atoms with Crippen LogP contribution in [-0.2, 0) is 4.89 Å². The highest BCUT2D eigenvalue weighted by molar-refractivity contribution is 9.12. The Morgan fingerprint density at radius 1 is 1.30 bits per heavy atom. The minimum Gasteiger partial charge on any atom is -0.251 e. The summed E-state index contributed by atoms with van der Waals surface area (Å²) < 4.78 is 0. The van der Waals surface area contributed by atoms with Crippen LogP contribution in [0.3, 0.4) is 0 Å². The van der Waals surface area contributed by atoms with Crippen LogP contribution >= 0.6 is 31.9 Å². The van der Waals surface area contributed by atoms with Gasteiger partial charge < -0.3 is 0 Å². The lowest BCUT2D eigenvalue weighted by Gasteiger charge is -2.28. The van der Waals surface area contributed by atoms with Crippen molar-refractivity contribution in [2.75, 3.05) is 0 Å². The molecule has 0 aromatic rings. The highest BCUT2D eigenvalue weighted by Gasteiger charge is 2.30. The molecule has 1 saturated carbocycles. The summed E-state index contributed by atoms with van der Waals surface area (Å²) >= 11 is 6.95. The third kappa shape index (κ3) is 1.94. The lowest BCUT2D eigenvalue weighted by atomic mass is 9.98. The average molecular weight is 274 g/mol. The molecule has 0 saturated heterocycles. The van der Waals surface area contributed by atoms with Crippen LogP contribution in [0.2, 0.25) is 0 Å². The average Bonchev–Trinajstić information content (AvgIpc) is 1.95. The summed E-state index contributed by atoms with van der Waals surface area (Å²) in [7, 11) is 0. The van der Waals surface area contributed by atoms with Gasteiger partial charge in [-0.05, 0) is 19.3 Å². The molecule has 3 unspecified atom stereocenters. The molecule has 1 rings (SSSR count). The molecule has 0 bridgehead atoms. The summed E-state index contributed by atoms with van der Waals surface area (Å²) in [5, 5.41) is 8.43.